The Morgan fingerprint density at radius 1 is 1.71 bits per heavy atom. The van der Waals surface area contributed by atoms with E-state index < -0.39 is 4.33 Å². The molecular formula is C4H5Cl2O. The van der Waals surface area contributed by atoms with E-state index in [1.165, 1.54) is 6.29 Å². The molecule has 0 saturated carbocycles. The Bertz CT molecular complexity index is 70.1. The first-order valence-electron chi connectivity index (χ1n) is 1.89. The van der Waals surface area contributed by atoms with Gasteiger partial charge in [0, 0.05) is 0 Å². The Morgan fingerprint density at radius 3 is 2.14 bits per heavy atom. The first-order chi connectivity index (χ1) is 3.12. The van der Waals surface area contributed by atoms with E-state index in [0.29, 0.717) is 6.42 Å². The molecule has 7 heavy (non-hydrogen) atoms. The molecule has 3 heteroatoms. The molecule has 0 unspecified atom stereocenters. The first-order valence-corrected chi connectivity index (χ1v) is 2.65. The maximum absolute atomic E-state index is 9.67. The quantitative estimate of drug-likeness (QED) is 0.533. The number of hydrogen-bond donors (Lipinski definition) is 0. The fourth-order valence-electron chi connectivity index (χ4n) is 0.0722. The molecule has 0 fully saturated rings. The molecule has 0 atom stereocenters. The molecule has 0 saturated heterocycles. The van der Waals surface area contributed by atoms with Crippen molar-refractivity contribution in [2.24, 2.45) is 0 Å². The molecule has 0 spiro atoms. The number of carbonyl (C=O) groups excluding carboxylic acids is 1. The Kier molecular flexibility index (Phi) is 2.62. The normalized spacial score (nSPS) is 11.3. The lowest BCUT2D eigenvalue weighted by Gasteiger charge is -2.02. The van der Waals surface area contributed by atoms with Crippen molar-refractivity contribution in [3.8, 4) is 0 Å². The van der Waals surface area contributed by atoms with Gasteiger partial charge in [0.05, 0.1) is 0 Å². The lowest BCUT2D eigenvalue weighted by atomic mass is 10.4. The van der Waals surface area contributed by atoms with Crippen LogP contribution in [0.1, 0.15) is 13.3 Å². The van der Waals surface area contributed by atoms with E-state index in [1.54, 1.807) is 6.92 Å². The molecule has 0 rings (SSSR count). The van der Waals surface area contributed by atoms with E-state index in [1.807, 2.05) is 0 Å². The average Bonchev–Trinajstić information content (AvgIpc) is 1.68. The molecule has 0 aliphatic rings. The Balaban J connectivity index is 3.58. The zero-order valence-electron chi connectivity index (χ0n) is 3.87. The number of hydrogen-bond acceptors (Lipinski definition) is 1. The van der Waals surface area contributed by atoms with Gasteiger partial charge in [0.15, 0.2) is 4.33 Å². The Labute approximate surface area is 52.6 Å². The average molecular weight is 140 g/mol. The van der Waals surface area contributed by atoms with Crippen LogP contribution in [0.5, 0.6) is 0 Å². The summed E-state index contributed by atoms with van der Waals surface area (Å²) in [5.74, 6) is 0. The first kappa shape index (κ1) is 7.25. The van der Waals surface area contributed by atoms with E-state index in [-0.39, 0.29) is 0 Å². The van der Waals surface area contributed by atoms with Crippen LogP contribution in [0, 0.1) is 0 Å². The van der Waals surface area contributed by atoms with E-state index in [2.05, 4.69) is 0 Å². The zero-order chi connectivity index (χ0) is 5.91. The second-order valence-electron chi connectivity index (χ2n) is 1.16. The van der Waals surface area contributed by atoms with Gasteiger partial charge >= 0.3 is 0 Å². The van der Waals surface area contributed by atoms with Crippen LogP contribution in [0.2, 0.25) is 0 Å². The maximum Gasteiger partial charge on any atom is 0.237 e. The third-order valence-electron chi connectivity index (χ3n) is 0.593. The van der Waals surface area contributed by atoms with Gasteiger partial charge in [0.1, 0.15) is 0 Å². The number of alkyl halides is 2. The third kappa shape index (κ3) is 2.89. The largest absolute Gasteiger partial charge is 0.287 e. The molecule has 0 aliphatic heterocycles. The molecular weight excluding hydrogens is 135 g/mol. The van der Waals surface area contributed by atoms with Crippen molar-refractivity contribution in [1.82, 2.24) is 0 Å². The van der Waals surface area contributed by atoms with Crippen LogP contribution in [0.25, 0.3) is 0 Å². The van der Waals surface area contributed by atoms with Gasteiger partial charge in [0.25, 0.3) is 0 Å². The standard InChI is InChI=1S/C4H5Cl2O/c1-2-4(5,6)3-7/h2H2,1H3. The van der Waals surface area contributed by atoms with Gasteiger partial charge in [-0.1, -0.05) is 30.1 Å². The van der Waals surface area contributed by atoms with Crippen molar-refractivity contribution in [3.63, 3.8) is 0 Å². The van der Waals surface area contributed by atoms with Gasteiger partial charge in [-0.2, -0.15) is 0 Å². The minimum Gasteiger partial charge on any atom is -0.287 e. The second kappa shape index (κ2) is 2.53. The van der Waals surface area contributed by atoms with E-state index in [0.717, 1.165) is 0 Å². The summed E-state index contributed by atoms with van der Waals surface area (Å²) in [6.07, 6.45) is 1.87. The van der Waals surface area contributed by atoms with Crippen molar-refractivity contribution in [2.45, 2.75) is 17.7 Å². The summed E-state index contributed by atoms with van der Waals surface area (Å²) in [5.41, 5.74) is 0. The van der Waals surface area contributed by atoms with Gasteiger partial charge < -0.3 is 0 Å². The van der Waals surface area contributed by atoms with Gasteiger partial charge in [-0.15, -0.1) is 0 Å². The number of rotatable bonds is 2. The highest BCUT2D eigenvalue weighted by atomic mass is 35.5. The lowest BCUT2D eigenvalue weighted by molar-refractivity contribution is 0.546. The van der Waals surface area contributed by atoms with E-state index in [9.17, 15) is 4.79 Å². The highest BCUT2D eigenvalue weighted by molar-refractivity contribution is 6.55. The lowest BCUT2D eigenvalue weighted by Crippen LogP contribution is -2.11. The van der Waals surface area contributed by atoms with Gasteiger partial charge in [-0.25, -0.2) is 0 Å². The zero-order valence-corrected chi connectivity index (χ0v) is 5.38. The van der Waals surface area contributed by atoms with Crippen molar-refractivity contribution < 1.29 is 4.79 Å². The van der Waals surface area contributed by atoms with Gasteiger partial charge in [0.2, 0.25) is 6.29 Å². The molecule has 1 radical (unpaired) electrons. The van der Waals surface area contributed by atoms with Crippen LogP contribution in [0.15, 0.2) is 0 Å². The maximum atomic E-state index is 9.67. The van der Waals surface area contributed by atoms with Crippen LogP contribution >= 0.6 is 23.2 Å². The molecule has 0 heterocycles. The highest BCUT2D eigenvalue weighted by Crippen LogP contribution is 2.20. The fourth-order valence-corrected chi connectivity index (χ4v) is 0.0722. The predicted molar refractivity (Wildman–Crippen MR) is 30.4 cm³/mol. The van der Waals surface area contributed by atoms with Crippen LogP contribution in [-0.2, 0) is 4.79 Å². The Hall–Kier alpha value is 0.250. The van der Waals surface area contributed by atoms with Crippen LogP contribution in [-0.4, -0.2) is 10.6 Å². The summed E-state index contributed by atoms with van der Waals surface area (Å²) < 4.78 is -1.28. The van der Waals surface area contributed by atoms with E-state index in [4.69, 9.17) is 23.2 Å². The van der Waals surface area contributed by atoms with Crippen molar-refractivity contribution >= 4 is 29.5 Å². The SMILES string of the molecule is CCC(Cl)(Cl)[C]=O. The summed E-state index contributed by atoms with van der Waals surface area (Å²) in [4.78, 5) is 9.67. The van der Waals surface area contributed by atoms with Crippen molar-refractivity contribution in [3.05, 3.63) is 0 Å². The minimum absolute atomic E-state index is 0.402. The highest BCUT2D eigenvalue weighted by Gasteiger charge is 2.20. The van der Waals surface area contributed by atoms with Crippen molar-refractivity contribution in [2.75, 3.05) is 0 Å². The third-order valence-corrected chi connectivity index (χ3v) is 1.28. The molecule has 1 nitrogen and oxygen atoms in total. The van der Waals surface area contributed by atoms with Crippen LogP contribution in [0.3, 0.4) is 0 Å². The molecule has 0 amide bonds. The number of halogens is 2. The monoisotopic (exact) mass is 139 g/mol. The summed E-state index contributed by atoms with van der Waals surface area (Å²) in [7, 11) is 0. The van der Waals surface area contributed by atoms with Gasteiger partial charge in [-0.05, 0) is 6.42 Å². The molecule has 0 N–H and O–H groups in total. The van der Waals surface area contributed by atoms with Crippen molar-refractivity contribution in [1.29, 1.82) is 0 Å². The summed E-state index contributed by atoms with van der Waals surface area (Å²) in [6.45, 7) is 1.71. The van der Waals surface area contributed by atoms with Crippen LogP contribution < -0.4 is 0 Å². The fraction of sp³-hybridized carbons (Fsp3) is 0.750. The molecule has 0 aromatic heterocycles. The smallest absolute Gasteiger partial charge is 0.237 e. The van der Waals surface area contributed by atoms with E-state index >= 15 is 0 Å². The summed E-state index contributed by atoms with van der Waals surface area (Å²) in [6, 6.07) is 0. The Morgan fingerprint density at radius 2 is 2.14 bits per heavy atom. The molecule has 0 aromatic rings. The minimum atomic E-state index is -1.28. The molecule has 0 aliphatic carbocycles. The molecule has 41 valence electrons. The molecule has 0 bridgehead atoms. The predicted octanol–water partition coefficient (Wildman–Crippen LogP) is 1.68. The molecule has 0 aromatic carbocycles. The second-order valence-corrected chi connectivity index (χ2v) is 2.64. The van der Waals surface area contributed by atoms with Crippen LogP contribution in [0.4, 0.5) is 0 Å². The van der Waals surface area contributed by atoms with Gasteiger partial charge in [-0.3, -0.25) is 4.79 Å². The topological polar surface area (TPSA) is 17.1 Å². The summed E-state index contributed by atoms with van der Waals surface area (Å²) >= 11 is 10.5. The summed E-state index contributed by atoms with van der Waals surface area (Å²) in [5, 5.41) is 0.